The Labute approximate surface area is 174 Å². The third-order valence-corrected chi connectivity index (χ3v) is 4.08. The summed E-state index contributed by atoms with van der Waals surface area (Å²) >= 11 is 0. The first-order valence-electron chi connectivity index (χ1n) is 9.78. The second-order valence-corrected chi connectivity index (χ2v) is 8.57. The number of carbonyl (C=O) groups excluding carboxylic acids is 1. The van der Waals surface area contributed by atoms with Gasteiger partial charge in [0.2, 0.25) is 0 Å². The van der Waals surface area contributed by atoms with Gasteiger partial charge in [-0.3, -0.25) is 4.90 Å². The van der Waals surface area contributed by atoms with Crippen LogP contribution in [0.1, 0.15) is 19.4 Å². The van der Waals surface area contributed by atoms with Crippen LogP contribution in [-0.2, 0) is 11.3 Å². The monoisotopic (exact) mass is 414 g/mol. The highest BCUT2D eigenvalue weighted by Gasteiger charge is 2.26. The number of hydrogen-bond donors (Lipinski definition) is 4. The van der Waals surface area contributed by atoms with E-state index in [1.807, 2.05) is 0 Å². The normalized spacial score (nSPS) is 14.9. The summed E-state index contributed by atoms with van der Waals surface area (Å²) in [5, 5.41) is 47.4. The van der Waals surface area contributed by atoms with Gasteiger partial charge in [0, 0.05) is 18.7 Å². The number of carboxylic acid groups (broad SMARTS) is 1. The van der Waals surface area contributed by atoms with E-state index < -0.39 is 37.4 Å². The maximum atomic E-state index is 11.1. The number of nitrogens with zero attached hydrogens (tertiary/aromatic N) is 2. The van der Waals surface area contributed by atoms with Crippen LogP contribution in [0.3, 0.4) is 0 Å². The van der Waals surface area contributed by atoms with E-state index in [4.69, 9.17) is 10.2 Å². The van der Waals surface area contributed by atoms with Gasteiger partial charge in [-0.1, -0.05) is 44.2 Å². The Morgan fingerprint density at radius 2 is 1.45 bits per heavy atom. The molecule has 0 aliphatic carbocycles. The summed E-state index contributed by atoms with van der Waals surface area (Å²) in [6.45, 7) is 3.18. The molecule has 0 saturated heterocycles. The topological polar surface area (TPSA) is 124 Å². The van der Waals surface area contributed by atoms with Crippen LogP contribution in [0.5, 0.6) is 0 Å². The zero-order valence-electron chi connectivity index (χ0n) is 18.2. The Bertz CT molecular complexity index is 550. The molecule has 0 bridgehead atoms. The van der Waals surface area contributed by atoms with E-state index in [1.165, 1.54) is 10.5 Å². The minimum atomic E-state index is -1.32. The van der Waals surface area contributed by atoms with Crippen LogP contribution in [0.25, 0.3) is 0 Å². The molecule has 1 aromatic rings. The number of aliphatic carboxylic acids is 1. The smallest absolute Gasteiger partial charge is 0.104 e. The average Bonchev–Trinajstić information content (AvgIpc) is 2.60. The number of benzene rings is 1. The van der Waals surface area contributed by atoms with Gasteiger partial charge in [0.1, 0.15) is 6.54 Å². The zero-order chi connectivity index (χ0) is 22.6. The molecule has 29 heavy (non-hydrogen) atoms. The molecule has 0 amide bonds. The minimum Gasteiger partial charge on any atom is -0.548 e. The lowest BCUT2D eigenvalue weighted by Crippen LogP contribution is -2.55. The quantitative estimate of drug-likeness (QED) is 0.331. The Morgan fingerprint density at radius 1 is 1.00 bits per heavy atom. The molecule has 0 heterocycles. The molecule has 0 aliphatic heterocycles. The van der Waals surface area contributed by atoms with Crippen molar-refractivity contribution >= 4 is 5.97 Å². The highest BCUT2D eigenvalue weighted by molar-refractivity contribution is 5.71. The number of carbonyl (C=O) groups is 1. The number of aliphatic hydroxyl groups is 4. The molecule has 1 rings (SSSR count). The van der Waals surface area contributed by atoms with Crippen LogP contribution < -0.4 is 5.11 Å². The Kier molecular flexibility index (Phi) is 12.9. The average molecular weight is 415 g/mol. The molecule has 0 radical (unpaired) electrons. The van der Waals surface area contributed by atoms with Crippen molar-refractivity contribution in [3.05, 3.63) is 35.9 Å². The van der Waals surface area contributed by atoms with Crippen molar-refractivity contribution in [2.75, 3.05) is 47.4 Å². The number of hydrogen-bond acceptors (Lipinski definition) is 7. The van der Waals surface area contributed by atoms with Crippen molar-refractivity contribution in [3.63, 3.8) is 0 Å². The molecule has 8 heteroatoms. The fourth-order valence-electron chi connectivity index (χ4n) is 2.93. The second-order valence-electron chi connectivity index (χ2n) is 8.57. The lowest BCUT2D eigenvalue weighted by Gasteiger charge is -2.36. The maximum absolute atomic E-state index is 11.1. The van der Waals surface area contributed by atoms with E-state index in [-0.39, 0.29) is 19.0 Å². The van der Waals surface area contributed by atoms with Crippen molar-refractivity contribution in [3.8, 4) is 0 Å². The van der Waals surface area contributed by atoms with Crippen LogP contribution in [0.15, 0.2) is 30.3 Å². The molecule has 3 atom stereocenters. The predicted octanol–water partition coefficient (Wildman–Crippen LogP) is -1.34. The summed E-state index contributed by atoms with van der Waals surface area (Å²) < 4.78 is 0.990. The molecule has 0 spiro atoms. The fourth-order valence-corrected chi connectivity index (χ4v) is 2.93. The van der Waals surface area contributed by atoms with E-state index in [9.17, 15) is 20.1 Å². The van der Waals surface area contributed by atoms with Crippen molar-refractivity contribution in [1.29, 1.82) is 0 Å². The SMILES string of the molecule is CC(C)C(C(=O)[O-])N(CC(O)CO)CC(O)CO.C[N+](C)(C)Cc1ccccc1. The van der Waals surface area contributed by atoms with Gasteiger partial charge in [0.05, 0.1) is 58.6 Å². The number of carboxylic acids is 1. The molecule has 0 saturated carbocycles. The molecule has 4 N–H and O–H groups in total. The summed E-state index contributed by atoms with van der Waals surface area (Å²) in [7, 11) is 6.60. The summed E-state index contributed by atoms with van der Waals surface area (Å²) in [5.74, 6) is -1.62. The Balaban J connectivity index is 0.000000604. The van der Waals surface area contributed by atoms with E-state index in [1.54, 1.807) is 13.8 Å². The Morgan fingerprint density at radius 3 is 1.76 bits per heavy atom. The first-order valence-corrected chi connectivity index (χ1v) is 9.78. The highest BCUT2D eigenvalue weighted by Crippen LogP contribution is 2.12. The van der Waals surface area contributed by atoms with Crippen LogP contribution in [0, 0.1) is 5.92 Å². The molecule has 0 fully saturated rings. The summed E-state index contributed by atoms with van der Waals surface area (Å²) in [5.41, 5.74) is 1.40. The highest BCUT2D eigenvalue weighted by atomic mass is 16.4. The molecular formula is C21H38N2O6. The van der Waals surface area contributed by atoms with E-state index in [0.29, 0.717) is 0 Å². The van der Waals surface area contributed by atoms with Crippen molar-refractivity contribution in [2.24, 2.45) is 5.92 Å². The maximum Gasteiger partial charge on any atom is 0.104 e. The van der Waals surface area contributed by atoms with Gasteiger partial charge in [-0.25, -0.2) is 0 Å². The van der Waals surface area contributed by atoms with Crippen molar-refractivity contribution in [1.82, 2.24) is 4.90 Å². The third-order valence-electron chi connectivity index (χ3n) is 4.08. The third kappa shape index (κ3) is 12.6. The zero-order valence-corrected chi connectivity index (χ0v) is 18.2. The summed E-state index contributed by atoms with van der Waals surface area (Å²) in [4.78, 5) is 12.4. The Hall–Kier alpha value is -1.55. The summed E-state index contributed by atoms with van der Waals surface area (Å²) in [6, 6.07) is 9.56. The van der Waals surface area contributed by atoms with Gasteiger partial charge in [-0.15, -0.1) is 0 Å². The molecule has 3 unspecified atom stereocenters. The standard InChI is InChI=1S/C11H23NO6.C10H16N/c1-7(2)10(11(17)18)12(3-8(15)5-13)4-9(16)6-14;1-11(2,3)9-10-7-5-4-6-8-10/h7-10,13-16H,3-6H2,1-2H3,(H,17,18);4-8H,9H2,1-3H3/q;+1/p-1. The van der Waals surface area contributed by atoms with E-state index in [0.717, 1.165) is 11.0 Å². The predicted molar refractivity (Wildman–Crippen MR) is 110 cm³/mol. The van der Waals surface area contributed by atoms with E-state index in [2.05, 4.69) is 51.5 Å². The molecule has 168 valence electrons. The largest absolute Gasteiger partial charge is 0.548 e. The van der Waals surface area contributed by atoms with Gasteiger partial charge in [-0.2, -0.15) is 0 Å². The van der Waals surface area contributed by atoms with Gasteiger partial charge in [-0.05, 0) is 5.92 Å². The van der Waals surface area contributed by atoms with Crippen LogP contribution in [0.2, 0.25) is 0 Å². The van der Waals surface area contributed by atoms with E-state index >= 15 is 0 Å². The molecule has 8 nitrogen and oxygen atoms in total. The van der Waals surface area contributed by atoms with Crippen molar-refractivity contribution < 1.29 is 34.8 Å². The van der Waals surface area contributed by atoms with Gasteiger partial charge in [0.25, 0.3) is 0 Å². The molecule has 0 aromatic heterocycles. The lowest BCUT2D eigenvalue weighted by molar-refractivity contribution is -0.884. The first-order chi connectivity index (χ1) is 13.4. The van der Waals surface area contributed by atoms with Gasteiger partial charge >= 0.3 is 0 Å². The molecule has 0 aliphatic rings. The molecule has 1 aromatic carbocycles. The van der Waals surface area contributed by atoms with Gasteiger partial charge < -0.3 is 34.8 Å². The first kappa shape index (κ1) is 27.5. The second kappa shape index (κ2) is 13.6. The number of aliphatic hydroxyl groups excluding tert-OH is 4. The number of quaternary nitrogens is 1. The van der Waals surface area contributed by atoms with Crippen LogP contribution in [0.4, 0.5) is 0 Å². The molecular weight excluding hydrogens is 376 g/mol. The van der Waals surface area contributed by atoms with Crippen LogP contribution >= 0.6 is 0 Å². The summed E-state index contributed by atoms with van der Waals surface area (Å²) in [6.07, 6.45) is -2.23. The lowest BCUT2D eigenvalue weighted by atomic mass is 10.0. The van der Waals surface area contributed by atoms with Crippen molar-refractivity contribution in [2.45, 2.75) is 38.6 Å². The minimum absolute atomic E-state index is 0.121. The van der Waals surface area contributed by atoms with Crippen LogP contribution in [-0.4, -0.2) is 101 Å². The van der Waals surface area contributed by atoms with Gasteiger partial charge in [0.15, 0.2) is 0 Å². The fraction of sp³-hybridized carbons (Fsp3) is 0.667. The number of rotatable bonds is 11.